The Morgan fingerprint density at radius 1 is 1.12 bits per heavy atom. The highest BCUT2D eigenvalue weighted by molar-refractivity contribution is 6.03. The lowest BCUT2D eigenvalue weighted by Gasteiger charge is -2.17. The zero-order valence-corrected chi connectivity index (χ0v) is 17.6. The molecule has 0 radical (unpaired) electrons. The first kappa shape index (κ1) is 23.4. The van der Waals surface area contributed by atoms with Crippen molar-refractivity contribution in [3.05, 3.63) is 75.1 Å². The number of nitrogens with one attached hydrogen (secondary N) is 1. The number of rotatable bonds is 2. The summed E-state index contributed by atoms with van der Waals surface area (Å²) in [4.78, 5) is 29.0. The lowest BCUT2D eigenvalue weighted by molar-refractivity contribution is -0.172. The normalized spacial score (nSPS) is 18.3. The Bertz CT molecular complexity index is 1200. The van der Waals surface area contributed by atoms with E-state index in [4.69, 9.17) is 5.73 Å². The van der Waals surface area contributed by atoms with Crippen LogP contribution in [0.25, 0.3) is 10.9 Å². The molecule has 2 unspecified atom stereocenters. The molecule has 170 valence electrons. The van der Waals surface area contributed by atoms with Crippen LogP contribution >= 0.6 is 0 Å². The highest BCUT2D eigenvalue weighted by Gasteiger charge is 2.44. The number of benzene rings is 1. The molecule has 3 aromatic rings. The van der Waals surface area contributed by atoms with Gasteiger partial charge in [0.1, 0.15) is 11.5 Å². The SMILES string of the molecule is Cc1c(F)ccc(C2CCC(C(F)(F)F)C2)c1C.NC(=O)c1nccc2[nH]ccc(=O)c12. The van der Waals surface area contributed by atoms with Gasteiger partial charge in [0.2, 0.25) is 0 Å². The number of alkyl halides is 3. The second kappa shape index (κ2) is 9.10. The summed E-state index contributed by atoms with van der Waals surface area (Å²) in [6.07, 6.45) is -0.304. The van der Waals surface area contributed by atoms with Gasteiger partial charge in [0.25, 0.3) is 5.91 Å². The fourth-order valence-electron chi connectivity index (χ4n) is 4.12. The number of primary amides is 1. The van der Waals surface area contributed by atoms with Crippen LogP contribution in [0.5, 0.6) is 0 Å². The van der Waals surface area contributed by atoms with Crippen molar-refractivity contribution in [3.8, 4) is 0 Å². The summed E-state index contributed by atoms with van der Waals surface area (Å²) < 4.78 is 51.2. The van der Waals surface area contributed by atoms with E-state index in [1.807, 2.05) is 0 Å². The predicted octanol–water partition coefficient (Wildman–Crippen LogP) is 4.91. The lowest BCUT2D eigenvalue weighted by Crippen LogP contribution is -2.19. The van der Waals surface area contributed by atoms with Gasteiger partial charge < -0.3 is 10.7 Å². The average Bonchev–Trinajstić information content (AvgIpc) is 3.23. The molecule has 1 aliphatic carbocycles. The molecule has 0 bridgehead atoms. The summed E-state index contributed by atoms with van der Waals surface area (Å²) in [5.74, 6) is -2.28. The minimum Gasteiger partial charge on any atom is -0.364 e. The van der Waals surface area contributed by atoms with Crippen molar-refractivity contribution in [3.63, 3.8) is 0 Å². The number of pyridine rings is 2. The van der Waals surface area contributed by atoms with Crippen LogP contribution in [-0.2, 0) is 0 Å². The molecule has 2 heterocycles. The molecule has 1 fully saturated rings. The van der Waals surface area contributed by atoms with Crippen molar-refractivity contribution >= 4 is 16.8 Å². The maximum absolute atomic E-state index is 13.3. The molecule has 3 N–H and O–H groups in total. The molecule has 9 heteroatoms. The molecule has 2 aromatic heterocycles. The number of hydrogen-bond donors (Lipinski definition) is 2. The summed E-state index contributed by atoms with van der Waals surface area (Å²) >= 11 is 0. The Kier molecular flexibility index (Phi) is 6.66. The number of carbonyl (C=O) groups excluding carboxylic acids is 1. The van der Waals surface area contributed by atoms with Crippen LogP contribution in [0.4, 0.5) is 17.6 Å². The Morgan fingerprint density at radius 3 is 2.47 bits per heavy atom. The maximum atomic E-state index is 13.3. The van der Waals surface area contributed by atoms with E-state index in [2.05, 4.69) is 9.97 Å². The molecule has 1 aromatic carbocycles. The summed E-state index contributed by atoms with van der Waals surface area (Å²) in [6.45, 7) is 3.46. The monoisotopic (exact) mass is 449 g/mol. The molecule has 4 rings (SSSR count). The third-order valence-electron chi connectivity index (χ3n) is 6.00. The van der Waals surface area contributed by atoms with Crippen LogP contribution < -0.4 is 11.2 Å². The van der Waals surface area contributed by atoms with E-state index in [0.29, 0.717) is 17.5 Å². The van der Waals surface area contributed by atoms with Crippen LogP contribution in [-0.4, -0.2) is 22.1 Å². The number of halogens is 4. The van der Waals surface area contributed by atoms with Crippen molar-refractivity contribution in [2.24, 2.45) is 11.7 Å². The fourth-order valence-corrected chi connectivity index (χ4v) is 4.12. The van der Waals surface area contributed by atoms with Crippen LogP contribution in [0.15, 0.2) is 41.5 Å². The molecule has 1 saturated carbocycles. The fraction of sp³-hybridized carbons (Fsp3) is 0.348. The number of aromatic amines is 1. The number of nitrogens with two attached hydrogens (primary N) is 1. The van der Waals surface area contributed by atoms with Gasteiger partial charge in [-0.2, -0.15) is 13.2 Å². The van der Waals surface area contributed by atoms with Crippen molar-refractivity contribution in [1.29, 1.82) is 0 Å². The molecular weight excluding hydrogens is 426 g/mol. The highest BCUT2D eigenvalue weighted by Crippen LogP contribution is 2.46. The highest BCUT2D eigenvalue weighted by atomic mass is 19.4. The average molecular weight is 449 g/mol. The van der Waals surface area contributed by atoms with Gasteiger partial charge in [0.05, 0.1) is 16.8 Å². The van der Waals surface area contributed by atoms with E-state index >= 15 is 0 Å². The molecule has 0 spiro atoms. The minimum absolute atomic E-state index is 0.00403. The van der Waals surface area contributed by atoms with Gasteiger partial charge >= 0.3 is 6.18 Å². The second-order valence-corrected chi connectivity index (χ2v) is 7.92. The molecule has 5 nitrogen and oxygen atoms in total. The second-order valence-electron chi connectivity index (χ2n) is 7.92. The molecular formula is C23H23F4N3O2. The molecule has 1 amide bonds. The van der Waals surface area contributed by atoms with Crippen molar-refractivity contribution in [2.45, 2.75) is 45.2 Å². The van der Waals surface area contributed by atoms with Crippen LogP contribution in [0.3, 0.4) is 0 Å². The zero-order valence-electron chi connectivity index (χ0n) is 17.6. The van der Waals surface area contributed by atoms with E-state index in [-0.39, 0.29) is 41.1 Å². The van der Waals surface area contributed by atoms with E-state index in [1.54, 1.807) is 26.0 Å². The van der Waals surface area contributed by atoms with E-state index in [0.717, 1.165) is 11.1 Å². The van der Waals surface area contributed by atoms with Gasteiger partial charge in [0, 0.05) is 18.5 Å². The summed E-state index contributed by atoms with van der Waals surface area (Å²) in [6, 6.07) is 5.94. The first-order valence-electron chi connectivity index (χ1n) is 10.1. The number of carbonyl (C=O) groups is 1. The summed E-state index contributed by atoms with van der Waals surface area (Å²) in [7, 11) is 0. The molecule has 1 aliphatic rings. The Labute approximate surface area is 181 Å². The van der Waals surface area contributed by atoms with E-state index < -0.39 is 18.0 Å². The molecule has 2 atom stereocenters. The zero-order chi connectivity index (χ0) is 23.6. The van der Waals surface area contributed by atoms with Crippen molar-refractivity contribution in [2.75, 3.05) is 0 Å². The number of aromatic nitrogens is 2. The van der Waals surface area contributed by atoms with E-state index in [9.17, 15) is 27.2 Å². The van der Waals surface area contributed by atoms with Gasteiger partial charge in [0.15, 0.2) is 5.43 Å². The molecule has 0 aliphatic heterocycles. The Hall–Kier alpha value is -3.23. The van der Waals surface area contributed by atoms with Gasteiger partial charge in [-0.05, 0) is 67.9 Å². The first-order valence-corrected chi connectivity index (χ1v) is 10.1. The van der Waals surface area contributed by atoms with Crippen molar-refractivity contribution in [1.82, 2.24) is 9.97 Å². The number of fused-ring (bicyclic) bond motifs is 1. The number of hydrogen-bond acceptors (Lipinski definition) is 3. The summed E-state index contributed by atoms with van der Waals surface area (Å²) in [5, 5.41) is 0.238. The molecule has 32 heavy (non-hydrogen) atoms. The van der Waals surface area contributed by atoms with Crippen LogP contribution in [0, 0.1) is 25.6 Å². The molecule has 0 saturated heterocycles. The van der Waals surface area contributed by atoms with Gasteiger partial charge in [-0.3, -0.25) is 14.6 Å². The number of H-pyrrole nitrogens is 1. The number of amides is 1. The van der Waals surface area contributed by atoms with Gasteiger partial charge in [-0.15, -0.1) is 0 Å². The third-order valence-corrected chi connectivity index (χ3v) is 6.00. The Balaban J connectivity index is 0.000000186. The van der Waals surface area contributed by atoms with Gasteiger partial charge in [-0.25, -0.2) is 4.39 Å². The van der Waals surface area contributed by atoms with Crippen LogP contribution in [0.2, 0.25) is 0 Å². The Morgan fingerprint density at radius 2 is 1.84 bits per heavy atom. The topological polar surface area (TPSA) is 88.8 Å². The van der Waals surface area contributed by atoms with Gasteiger partial charge in [-0.1, -0.05) is 6.07 Å². The largest absolute Gasteiger partial charge is 0.391 e. The maximum Gasteiger partial charge on any atom is 0.391 e. The lowest BCUT2D eigenvalue weighted by atomic mass is 9.90. The summed E-state index contributed by atoms with van der Waals surface area (Å²) in [5.41, 5.74) is 7.61. The van der Waals surface area contributed by atoms with Crippen molar-refractivity contribution < 1.29 is 22.4 Å². The first-order chi connectivity index (χ1) is 15.0. The number of nitrogens with zero attached hydrogens (tertiary/aromatic N) is 1. The standard InChI is InChI=1S/C14H16F4.C9H7N3O2/c1-8-9(2)13(15)6-5-12(8)10-3-4-11(7-10)14(16,17)18;10-9(14)8-7-5(1-3-12-8)11-4-2-6(7)13/h5-6,10-11H,3-4,7H2,1-2H3;1-4H,(H2,10,14)(H,11,13). The van der Waals surface area contributed by atoms with Crippen LogP contribution in [0.1, 0.15) is 52.4 Å². The smallest absolute Gasteiger partial charge is 0.364 e. The predicted molar refractivity (Wildman–Crippen MR) is 113 cm³/mol. The quantitative estimate of drug-likeness (QED) is 0.545. The minimum atomic E-state index is -4.10. The van der Waals surface area contributed by atoms with E-state index in [1.165, 1.54) is 24.5 Å². The third kappa shape index (κ3) is 4.81.